The lowest BCUT2D eigenvalue weighted by atomic mass is 9.92. The van der Waals surface area contributed by atoms with E-state index in [1.165, 1.54) is 6.42 Å². The van der Waals surface area contributed by atoms with Gasteiger partial charge >= 0.3 is 6.09 Å². The van der Waals surface area contributed by atoms with E-state index in [4.69, 9.17) is 14.2 Å². The fraction of sp³-hybridized carbons (Fsp3) is 0.429. The molecule has 1 aliphatic carbocycles. The Morgan fingerprint density at radius 3 is 2.51 bits per heavy atom. The minimum absolute atomic E-state index is 0.158. The first-order chi connectivity index (χ1) is 17.2. The Morgan fingerprint density at radius 2 is 1.86 bits per heavy atom. The molecule has 1 aliphatic heterocycles. The van der Waals surface area contributed by atoms with Crippen LogP contribution in [0.1, 0.15) is 57.1 Å². The summed E-state index contributed by atoms with van der Waals surface area (Å²) in [4.78, 5) is 11.9. The van der Waals surface area contributed by atoms with Gasteiger partial charge in [0, 0.05) is 36.9 Å². The summed E-state index contributed by atoms with van der Waals surface area (Å²) in [6.45, 7) is 4.02. The second-order valence-electron chi connectivity index (χ2n) is 9.24. The number of nitrogens with one attached hydrogen (secondary N) is 1. The molecular formula is C28H31N3O4. The maximum atomic E-state index is 11.9. The molecule has 0 radical (unpaired) electrons. The van der Waals surface area contributed by atoms with Gasteiger partial charge in [-0.15, -0.1) is 0 Å². The highest BCUT2D eigenvalue weighted by Crippen LogP contribution is 2.43. The average Bonchev–Trinajstić information content (AvgIpc) is 3.16. The van der Waals surface area contributed by atoms with Gasteiger partial charge in [-0.1, -0.05) is 6.92 Å². The largest absolute Gasteiger partial charge is 0.490 e. The number of nitriles is 1. The highest BCUT2D eigenvalue weighted by molar-refractivity contribution is 5.95. The van der Waals surface area contributed by atoms with Gasteiger partial charge in [-0.3, -0.25) is 0 Å². The zero-order valence-electron chi connectivity index (χ0n) is 20.1. The summed E-state index contributed by atoms with van der Waals surface area (Å²) < 4.78 is 19.4. The molecule has 5 rings (SSSR count). The molecule has 3 aromatic rings. The lowest BCUT2D eigenvalue weighted by Gasteiger charge is -2.30. The van der Waals surface area contributed by atoms with E-state index in [2.05, 4.69) is 22.0 Å². The van der Waals surface area contributed by atoms with E-state index in [-0.39, 0.29) is 6.10 Å². The highest BCUT2D eigenvalue weighted by Gasteiger charge is 2.28. The Hall–Kier alpha value is -3.50. The molecule has 0 bridgehead atoms. The van der Waals surface area contributed by atoms with Gasteiger partial charge in [0.2, 0.25) is 0 Å². The zero-order valence-corrected chi connectivity index (χ0v) is 20.1. The summed E-state index contributed by atoms with van der Waals surface area (Å²) in [7, 11) is 0. The van der Waals surface area contributed by atoms with Crippen LogP contribution in [0.5, 0.6) is 11.5 Å². The van der Waals surface area contributed by atoms with E-state index in [1.807, 2.05) is 31.2 Å². The van der Waals surface area contributed by atoms with Crippen LogP contribution in [0.2, 0.25) is 0 Å². The molecule has 2 heterocycles. The third-order valence-corrected chi connectivity index (χ3v) is 6.86. The molecule has 7 heteroatoms. The molecule has 1 amide bonds. The number of fused-ring (bicyclic) bond motifs is 1. The van der Waals surface area contributed by atoms with Crippen molar-refractivity contribution in [2.24, 2.45) is 0 Å². The first-order valence-corrected chi connectivity index (χ1v) is 12.6. The van der Waals surface area contributed by atoms with E-state index in [0.29, 0.717) is 23.9 Å². The van der Waals surface area contributed by atoms with Crippen LogP contribution in [0.25, 0.3) is 22.2 Å². The third-order valence-electron chi connectivity index (χ3n) is 6.86. The number of benzene rings is 2. The van der Waals surface area contributed by atoms with Crippen LogP contribution >= 0.6 is 0 Å². The molecule has 35 heavy (non-hydrogen) atoms. The van der Waals surface area contributed by atoms with Gasteiger partial charge in [0.1, 0.15) is 23.7 Å². The molecule has 1 saturated heterocycles. The number of rotatable bonds is 7. The third kappa shape index (κ3) is 4.85. The van der Waals surface area contributed by atoms with Crippen LogP contribution in [0.4, 0.5) is 4.79 Å². The van der Waals surface area contributed by atoms with Gasteiger partial charge in [-0.2, -0.15) is 5.26 Å². The summed E-state index contributed by atoms with van der Waals surface area (Å²) in [5.41, 5.74) is 3.54. The van der Waals surface area contributed by atoms with Crippen LogP contribution in [0, 0.1) is 11.3 Å². The Labute approximate surface area is 205 Å². The quantitative estimate of drug-likeness (QED) is 0.457. The van der Waals surface area contributed by atoms with Crippen molar-refractivity contribution in [3.8, 4) is 28.8 Å². The number of nitrogens with zero attached hydrogens (tertiary/aromatic N) is 2. The topological polar surface area (TPSA) is 85.5 Å². The minimum Gasteiger partial charge on any atom is -0.490 e. The van der Waals surface area contributed by atoms with Gasteiger partial charge in [-0.05, 0) is 67.6 Å². The zero-order chi connectivity index (χ0) is 24.2. The monoisotopic (exact) mass is 473 g/mol. The second kappa shape index (κ2) is 10.4. The van der Waals surface area contributed by atoms with E-state index >= 15 is 0 Å². The lowest BCUT2D eigenvalue weighted by molar-refractivity contribution is 0.0256. The molecule has 2 aromatic carbocycles. The smallest absolute Gasteiger partial charge is 0.412 e. The molecule has 0 unspecified atom stereocenters. The van der Waals surface area contributed by atoms with E-state index in [1.54, 1.807) is 12.1 Å². The molecular weight excluding hydrogens is 442 g/mol. The number of ether oxygens (including phenoxy) is 3. The molecule has 2 fully saturated rings. The Kier molecular flexibility index (Phi) is 6.91. The predicted octanol–water partition coefficient (Wildman–Crippen LogP) is 5.96. The molecule has 182 valence electrons. The number of hydrogen-bond donors (Lipinski definition) is 1. The maximum Gasteiger partial charge on any atom is 0.412 e. The first kappa shape index (κ1) is 23.3. The molecule has 1 saturated carbocycles. The van der Waals surface area contributed by atoms with Crippen LogP contribution < -0.4 is 14.8 Å². The van der Waals surface area contributed by atoms with Crippen LogP contribution in [0.3, 0.4) is 0 Å². The summed E-state index contributed by atoms with van der Waals surface area (Å²) in [6, 6.07) is 16.3. The second-order valence-corrected chi connectivity index (χ2v) is 9.24. The van der Waals surface area contributed by atoms with Crippen molar-refractivity contribution in [1.82, 2.24) is 9.88 Å². The molecule has 7 nitrogen and oxygen atoms in total. The van der Waals surface area contributed by atoms with Crippen LogP contribution in [-0.4, -0.2) is 36.5 Å². The highest BCUT2D eigenvalue weighted by atomic mass is 16.6. The number of aromatic nitrogens is 1. The molecule has 2 aliphatic rings. The normalized spacial score (nSPS) is 16.5. The molecule has 1 N–H and O–H groups in total. The van der Waals surface area contributed by atoms with E-state index < -0.39 is 6.09 Å². The van der Waals surface area contributed by atoms with Gasteiger partial charge in [0.15, 0.2) is 0 Å². The molecule has 0 atom stereocenters. The summed E-state index contributed by atoms with van der Waals surface area (Å²) >= 11 is 0. The van der Waals surface area contributed by atoms with Crippen molar-refractivity contribution >= 4 is 17.0 Å². The van der Waals surface area contributed by atoms with Gasteiger partial charge < -0.3 is 24.1 Å². The van der Waals surface area contributed by atoms with Crippen molar-refractivity contribution in [3.05, 3.63) is 48.0 Å². The van der Waals surface area contributed by atoms with Gasteiger partial charge in [0.25, 0.3) is 0 Å². The number of hydrogen-bond acceptors (Lipinski definition) is 5. The molecule has 1 aromatic heterocycles. The SMILES string of the molecule is CCCNC(=O)Oc1ccc(-c2c(C#N)c3ccc(OC4CCOCC4)cc3n2C2CCC2)cc1. The number of amides is 1. The molecule has 0 spiro atoms. The fourth-order valence-electron chi connectivity index (χ4n) is 4.82. The fourth-order valence-corrected chi connectivity index (χ4v) is 4.82. The van der Waals surface area contributed by atoms with Gasteiger partial charge in [-0.25, -0.2) is 4.79 Å². The Balaban J connectivity index is 1.50. The summed E-state index contributed by atoms with van der Waals surface area (Å²) in [6.07, 6.45) is 5.69. The summed E-state index contributed by atoms with van der Waals surface area (Å²) in [5.74, 6) is 1.31. The Morgan fingerprint density at radius 1 is 1.11 bits per heavy atom. The predicted molar refractivity (Wildman–Crippen MR) is 134 cm³/mol. The Bertz CT molecular complexity index is 1230. The van der Waals surface area contributed by atoms with Crippen LogP contribution in [0.15, 0.2) is 42.5 Å². The maximum absolute atomic E-state index is 11.9. The van der Waals surface area contributed by atoms with Crippen LogP contribution in [-0.2, 0) is 4.74 Å². The lowest BCUT2D eigenvalue weighted by Crippen LogP contribution is -2.27. The summed E-state index contributed by atoms with van der Waals surface area (Å²) in [5, 5.41) is 13.8. The van der Waals surface area contributed by atoms with Gasteiger partial charge in [0.05, 0.1) is 30.0 Å². The van der Waals surface area contributed by atoms with E-state index in [9.17, 15) is 10.1 Å². The number of carbonyl (C=O) groups is 1. The first-order valence-electron chi connectivity index (χ1n) is 12.6. The van der Waals surface area contributed by atoms with Crippen molar-refractivity contribution < 1.29 is 19.0 Å². The average molecular weight is 474 g/mol. The van der Waals surface area contributed by atoms with Crippen molar-refractivity contribution in [2.75, 3.05) is 19.8 Å². The standard InChI is InChI=1S/C28H31N3O4/c1-2-14-30-28(32)35-21-8-6-19(7-9-21)27-25(18-29)24-11-10-23(34-22-12-15-33-16-13-22)17-26(24)31(27)20-4-3-5-20/h6-11,17,20,22H,2-5,12-16H2,1H3,(H,30,32). The van der Waals surface area contributed by atoms with Crippen molar-refractivity contribution in [1.29, 1.82) is 5.26 Å². The van der Waals surface area contributed by atoms with Crippen molar-refractivity contribution in [3.63, 3.8) is 0 Å². The van der Waals surface area contributed by atoms with E-state index in [0.717, 1.165) is 73.2 Å². The number of carbonyl (C=O) groups excluding carboxylic acids is 1. The minimum atomic E-state index is -0.460. The van der Waals surface area contributed by atoms with Crippen molar-refractivity contribution in [2.45, 2.75) is 57.6 Å².